The number of carbonyl (C=O) groups is 2. The summed E-state index contributed by atoms with van der Waals surface area (Å²) in [6.45, 7) is -0.917. The van der Waals surface area contributed by atoms with Crippen LogP contribution in [0.5, 0.6) is 5.75 Å². The molecule has 1 atom stereocenters. The first-order valence-corrected chi connectivity index (χ1v) is 9.15. The Hall–Kier alpha value is -2.22. The predicted molar refractivity (Wildman–Crippen MR) is 93.5 cm³/mol. The summed E-state index contributed by atoms with van der Waals surface area (Å²) in [5.41, 5.74) is 0.281. The number of carbonyl (C=O) groups excluding carboxylic acids is 2. The first-order valence-electron chi connectivity index (χ1n) is 9.15. The van der Waals surface area contributed by atoms with Crippen molar-refractivity contribution in [3.63, 3.8) is 0 Å². The van der Waals surface area contributed by atoms with E-state index in [9.17, 15) is 23.5 Å². The number of amides is 2. The van der Waals surface area contributed by atoms with E-state index in [4.69, 9.17) is 0 Å². The Kier molecular flexibility index (Phi) is 5.94. The van der Waals surface area contributed by atoms with Crippen LogP contribution in [0.1, 0.15) is 36.0 Å². The molecule has 1 aromatic carbocycles. The van der Waals surface area contributed by atoms with Crippen LogP contribution in [-0.2, 0) is 4.79 Å². The first-order chi connectivity index (χ1) is 12.9. The van der Waals surface area contributed by atoms with E-state index in [1.165, 1.54) is 24.3 Å². The van der Waals surface area contributed by atoms with Crippen molar-refractivity contribution in [2.45, 2.75) is 32.3 Å². The molecule has 1 spiro atoms. The molecule has 148 valence electrons. The fraction of sp³-hybridized carbons (Fsp3) is 0.579. The number of aliphatic hydroxyl groups is 1. The fourth-order valence-corrected chi connectivity index (χ4v) is 4.10. The molecule has 3 rings (SSSR count). The second kappa shape index (κ2) is 8.21. The normalized spacial score (nSPS) is 23.2. The van der Waals surface area contributed by atoms with Gasteiger partial charge >= 0.3 is 6.61 Å². The molecule has 2 fully saturated rings. The van der Waals surface area contributed by atoms with Gasteiger partial charge in [-0.3, -0.25) is 9.59 Å². The lowest BCUT2D eigenvalue weighted by Crippen LogP contribution is -2.55. The van der Waals surface area contributed by atoms with Gasteiger partial charge in [-0.15, -0.1) is 0 Å². The number of ether oxygens (including phenoxy) is 1. The molecule has 0 aromatic heterocycles. The molecule has 6 nitrogen and oxygen atoms in total. The monoisotopic (exact) mass is 382 g/mol. The molecule has 0 saturated carbocycles. The van der Waals surface area contributed by atoms with Crippen LogP contribution in [0.2, 0.25) is 0 Å². The van der Waals surface area contributed by atoms with Crippen molar-refractivity contribution < 1.29 is 28.2 Å². The highest BCUT2D eigenvalue weighted by Gasteiger charge is 2.42. The largest absolute Gasteiger partial charge is 0.435 e. The van der Waals surface area contributed by atoms with Gasteiger partial charge in [-0.1, -0.05) is 0 Å². The van der Waals surface area contributed by atoms with E-state index in [-0.39, 0.29) is 29.6 Å². The van der Waals surface area contributed by atoms with Crippen LogP contribution in [-0.4, -0.2) is 66.1 Å². The van der Waals surface area contributed by atoms with Gasteiger partial charge < -0.3 is 19.6 Å². The van der Waals surface area contributed by atoms with Gasteiger partial charge in [0, 0.05) is 43.6 Å². The molecule has 27 heavy (non-hydrogen) atoms. The Labute approximate surface area is 156 Å². The number of nitrogens with zero attached hydrogens (tertiary/aromatic N) is 2. The third-order valence-electron chi connectivity index (χ3n) is 5.39. The van der Waals surface area contributed by atoms with E-state index < -0.39 is 6.61 Å². The lowest BCUT2D eigenvalue weighted by molar-refractivity contribution is -0.139. The summed E-state index contributed by atoms with van der Waals surface area (Å²) >= 11 is 0. The fourth-order valence-electron chi connectivity index (χ4n) is 4.10. The molecule has 1 N–H and O–H groups in total. The SMILES string of the molecule is O=C1CCC2(CCCN(C(=O)c3ccc(OC(F)F)cc3)C2)CN1CCO. The van der Waals surface area contributed by atoms with Crippen molar-refractivity contribution in [3.8, 4) is 5.75 Å². The Morgan fingerprint density at radius 3 is 2.63 bits per heavy atom. The van der Waals surface area contributed by atoms with Crippen molar-refractivity contribution in [1.82, 2.24) is 9.80 Å². The molecule has 8 heteroatoms. The molecular weight excluding hydrogens is 358 g/mol. The smallest absolute Gasteiger partial charge is 0.387 e. The minimum atomic E-state index is -2.90. The van der Waals surface area contributed by atoms with E-state index in [0.717, 1.165) is 19.3 Å². The molecule has 0 radical (unpaired) electrons. The highest BCUT2D eigenvalue weighted by Crippen LogP contribution is 2.39. The number of halogens is 2. The maximum atomic E-state index is 12.8. The number of likely N-dealkylation sites (tertiary alicyclic amines) is 2. The predicted octanol–water partition coefficient (Wildman–Crippen LogP) is 2.13. The van der Waals surface area contributed by atoms with Crippen molar-refractivity contribution >= 4 is 11.8 Å². The van der Waals surface area contributed by atoms with Gasteiger partial charge in [0.15, 0.2) is 0 Å². The topological polar surface area (TPSA) is 70.1 Å². The summed E-state index contributed by atoms with van der Waals surface area (Å²) in [5, 5.41) is 9.17. The van der Waals surface area contributed by atoms with Crippen LogP contribution in [0.4, 0.5) is 8.78 Å². The van der Waals surface area contributed by atoms with Crippen LogP contribution < -0.4 is 4.74 Å². The molecule has 2 saturated heterocycles. The van der Waals surface area contributed by atoms with E-state index in [0.29, 0.717) is 38.2 Å². The van der Waals surface area contributed by atoms with Crippen LogP contribution >= 0.6 is 0 Å². The first kappa shape index (κ1) is 19.5. The second-order valence-corrected chi connectivity index (χ2v) is 7.27. The number of aliphatic hydroxyl groups excluding tert-OH is 1. The van der Waals surface area contributed by atoms with Crippen molar-refractivity contribution in [1.29, 1.82) is 0 Å². The van der Waals surface area contributed by atoms with Gasteiger partial charge in [0.25, 0.3) is 5.91 Å². The lowest BCUT2D eigenvalue weighted by Gasteiger charge is -2.48. The van der Waals surface area contributed by atoms with Crippen molar-refractivity contribution in [2.24, 2.45) is 5.41 Å². The number of alkyl halides is 2. The molecule has 2 heterocycles. The Bertz CT molecular complexity index is 683. The molecule has 1 aromatic rings. The molecule has 0 aliphatic carbocycles. The number of benzene rings is 1. The Morgan fingerprint density at radius 1 is 1.22 bits per heavy atom. The van der Waals surface area contributed by atoms with Gasteiger partial charge in [-0.2, -0.15) is 8.78 Å². The average Bonchev–Trinajstić information content (AvgIpc) is 2.65. The van der Waals surface area contributed by atoms with E-state index >= 15 is 0 Å². The standard InChI is InChI=1S/C19H24F2N2O4/c20-18(21)27-15-4-2-14(3-5-15)17(26)23-9-1-7-19(13-23)8-6-16(25)22(12-19)10-11-24/h2-5,18,24H,1,6-13H2. The number of hydrogen-bond donors (Lipinski definition) is 1. The number of piperidine rings is 2. The van der Waals surface area contributed by atoms with Crippen molar-refractivity contribution in [3.05, 3.63) is 29.8 Å². The number of rotatable bonds is 5. The van der Waals surface area contributed by atoms with Gasteiger partial charge in [0.1, 0.15) is 5.75 Å². The number of hydrogen-bond acceptors (Lipinski definition) is 4. The minimum absolute atomic E-state index is 0.0158. The summed E-state index contributed by atoms with van der Waals surface area (Å²) in [5.74, 6) is -0.0851. The van der Waals surface area contributed by atoms with E-state index in [1.807, 2.05) is 0 Å². The molecular formula is C19H24F2N2O4. The average molecular weight is 382 g/mol. The van der Waals surface area contributed by atoms with Gasteiger partial charge in [-0.25, -0.2) is 0 Å². The molecule has 1 unspecified atom stereocenters. The van der Waals surface area contributed by atoms with Crippen LogP contribution in [0.3, 0.4) is 0 Å². The van der Waals surface area contributed by atoms with Crippen molar-refractivity contribution in [2.75, 3.05) is 32.8 Å². The summed E-state index contributed by atoms with van der Waals surface area (Å²) < 4.78 is 28.8. The quantitative estimate of drug-likeness (QED) is 0.847. The third kappa shape index (κ3) is 4.55. The molecule has 2 aliphatic rings. The zero-order valence-corrected chi connectivity index (χ0v) is 15.1. The summed E-state index contributed by atoms with van der Waals surface area (Å²) in [7, 11) is 0. The Balaban J connectivity index is 1.68. The maximum absolute atomic E-state index is 12.8. The second-order valence-electron chi connectivity index (χ2n) is 7.27. The van der Waals surface area contributed by atoms with Crippen LogP contribution in [0, 0.1) is 5.41 Å². The minimum Gasteiger partial charge on any atom is -0.435 e. The Morgan fingerprint density at radius 2 is 1.96 bits per heavy atom. The number of β-amino-alcohol motifs (C(OH)–C–C–N with tert-alkyl or cyclic N) is 1. The summed E-state index contributed by atoms with van der Waals surface area (Å²) in [4.78, 5) is 28.3. The van der Waals surface area contributed by atoms with Gasteiger partial charge in [-0.05, 0) is 43.5 Å². The zero-order valence-electron chi connectivity index (χ0n) is 15.1. The van der Waals surface area contributed by atoms with Gasteiger partial charge in [0.05, 0.1) is 6.61 Å². The van der Waals surface area contributed by atoms with E-state index in [1.54, 1.807) is 9.80 Å². The molecule has 0 bridgehead atoms. The summed E-state index contributed by atoms with van der Waals surface area (Å²) in [6.07, 6.45) is 2.95. The lowest BCUT2D eigenvalue weighted by atomic mass is 9.73. The zero-order chi connectivity index (χ0) is 19.4. The van der Waals surface area contributed by atoms with Crippen LogP contribution in [0.25, 0.3) is 0 Å². The molecule has 2 aliphatic heterocycles. The summed E-state index contributed by atoms with van der Waals surface area (Å²) in [6, 6.07) is 5.70. The highest BCUT2D eigenvalue weighted by molar-refractivity contribution is 5.94. The van der Waals surface area contributed by atoms with Gasteiger partial charge in [0.2, 0.25) is 5.91 Å². The van der Waals surface area contributed by atoms with Crippen LogP contribution in [0.15, 0.2) is 24.3 Å². The van der Waals surface area contributed by atoms with E-state index in [2.05, 4.69) is 4.74 Å². The maximum Gasteiger partial charge on any atom is 0.387 e. The highest BCUT2D eigenvalue weighted by atomic mass is 19.3. The molecule has 2 amide bonds. The third-order valence-corrected chi connectivity index (χ3v) is 5.39.